The van der Waals surface area contributed by atoms with Crippen LogP contribution in [0.4, 0.5) is 0 Å². The lowest BCUT2D eigenvalue weighted by atomic mass is 9.99. The third-order valence-corrected chi connectivity index (χ3v) is 3.16. The molecule has 16 heavy (non-hydrogen) atoms. The fourth-order valence-electron chi connectivity index (χ4n) is 2.18. The van der Waals surface area contributed by atoms with Crippen LogP contribution in [0.25, 0.3) is 0 Å². The smallest absolute Gasteiger partial charge is 0.122 e. The van der Waals surface area contributed by atoms with E-state index in [0.717, 1.165) is 25.2 Å². The van der Waals surface area contributed by atoms with Crippen molar-refractivity contribution in [3.05, 3.63) is 29.3 Å². The highest BCUT2D eigenvalue weighted by atomic mass is 16.5. The summed E-state index contributed by atoms with van der Waals surface area (Å²) in [4.78, 5) is 0. The lowest BCUT2D eigenvalue weighted by Crippen LogP contribution is -2.28. The summed E-state index contributed by atoms with van der Waals surface area (Å²) in [5.41, 5.74) is 5.50. The first-order chi connectivity index (χ1) is 7.85. The topological polar surface area (TPSA) is 47.3 Å². The Balaban J connectivity index is 2.12. The molecule has 1 aliphatic rings. The number of hydrazine groups is 1. The second-order valence-electron chi connectivity index (χ2n) is 4.33. The van der Waals surface area contributed by atoms with Crippen LogP contribution in [0.1, 0.15) is 43.4 Å². The minimum atomic E-state index is 0.269. The molecular formula is C13H20N2O. The number of unbranched alkanes of at least 4 members (excludes halogenated alkanes) is 1. The van der Waals surface area contributed by atoms with Gasteiger partial charge in [0.05, 0.1) is 6.61 Å². The molecule has 0 fully saturated rings. The summed E-state index contributed by atoms with van der Waals surface area (Å²) in [5, 5.41) is 0. The Bertz CT molecular complexity index is 352. The highest BCUT2D eigenvalue weighted by molar-refractivity contribution is 5.40. The van der Waals surface area contributed by atoms with Crippen molar-refractivity contribution in [2.24, 2.45) is 5.84 Å². The van der Waals surface area contributed by atoms with Crippen molar-refractivity contribution in [3.8, 4) is 5.75 Å². The molecule has 3 nitrogen and oxygen atoms in total. The molecule has 1 aromatic carbocycles. The van der Waals surface area contributed by atoms with E-state index in [2.05, 4.69) is 30.5 Å². The summed E-state index contributed by atoms with van der Waals surface area (Å²) >= 11 is 0. The van der Waals surface area contributed by atoms with Crippen LogP contribution in [0.5, 0.6) is 5.75 Å². The van der Waals surface area contributed by atoms with Gasteiger partial charge in [0.2, 0.25) is 0 Å². The molecule has 1 unspecified atom stereocenters. The lowest BCUT2D eigenvalue weighted by molar-refractivity contribution is 0.356. The highest BCUT2D eigenvalue weighted by Crippen LogP contribution is 2.29. The quantitative estimate of drug-likeness (QED) is 0.591. The number of rotatable bonds is 5. The van der Waals surface area contributed by atoms with E-state index < -0.39 is 0 Å². The molecule has 0 spiro atoms. The van der Waals surface area contributed by atoms with Gasteiger partial charge in [-0.3, -0.25) is 11.3 Å². The fraction of sp³-hybridized carbons (Fsp3) is 0.538. The molecule has 0 saturated carbocycles. The summed E-state index contributed by atoms with van der Waals surface area (Å²) in [7, 11) is 0. The van der Waals surface area contributed by atoms with Crippen LogP contribution in [-0.4, -0.2) is 6.61 Å². The predicted molar refractivity (Wildman–Crippen MR) is 65.2 cm³/mol. The van der Waals surface area contributed by atoms with Crippen molar-refractivity contribution in [1.82, 2.24) is 5.43 Å². The van der Waals surface area contributed by atoms with E-state index in [1.165, 1.54) is 24.0 Å². The second kappa shape index (κ2) is 5.32. The zero-order chi connectivity index (χ0) is 11.4. The maximum absolute atomic E-state index is 5.61. The molecule has 3 heteroatoms. The molecule has 0 radical (unpaired) electrons. The van der Waals surface area contributed by atoms with Crippen LogP contribution in [-0.2, 0) is 6.42 Å². The SMILES string of the molecule is CCCCC(NN)c1ccc2c(c1)CCO2. The minimum Gasteiger partial charge on any atom is -0.493 e. The maximum atomic E-state index is 5.61. The Morgan fingerprint density at radius 2 is 2.38 bits per heavy atom. The normalized spacial score (nSPS) is 15.6. The van der Waals surface area contributed by atoms with E-state index in [1.54, 1.807) is 0 Å². The molecule has 3 N–H and O–H groups in total. The zero-order valence-electron chi connectivity index (χ0n) is 9.83. The van der Waals surface area contributed by atoms with Crippen molar-refractivity contribution in [3.63, 3.8) is 0 Å². The van der Waals surface area contributed by atoms with Crippen LogP contribution in [0, 0.1) is 0 Å². The van der Waals surface area contributed by atoms with Gasteiger partial charge in [-0.25, -0.2) is 0 Å². The third kappa shape index (κ3) is 2.36. The Hall–Kier alpha value is -1.06. The number of nitrogens with two attached hydrogens (primary N) is 1. The van der Waals surface area contributed by atoms with Gasteiger partial charge >= 0.3 is 0 Å². The van der Waals surface area contributed by atoms with Gasteiger partial charge in [0.1, 0.15) is 5.75 Å². The van der Waals surface area contributed by atoms with Gasteiger partial charge in [-0.05, 0) is 23.6 Å². The Labute approximate surface area is 97.0 Å². The van der Waals surface area contributed by atoms with Gasteiger partial charge in [-0.1, -0.05) is 31.9 Å². The van der Waals surface area contributed by atoms with Crippen molar-refractivity contribution in [2.45, 2.75) is 38.6 Å². The highest BCUT2D eigenvalue weighted by Gasteiger charge is 2.15. The molecule has 0 amide bonds. The van der Waals surface area contributed by atoms with Gasteiger partial charge in [-0.15, -0.1) is 0 Å². The Morgan fingerprint density at radius 3 is 3.12 bits per heavy atom. The summed E-state index contributed by atoms with van der Waals surface area (Å²) < 4.78 is 5.50. The van der Waals surface area contributed by atoms with Gasteiger partial charge < -0.3 is 4.74 Å². The Morgan fingerprint density at radius 1 is 1.50 bits per heavy atom. The van der Waals surface area contributed by atoms with Crippen LogP contribution in [0.3, 0.4) is 0 Å². The van der Waals surface area contributed by atoms with Gasteiger partial charge in [0.15, 0.2) is 0 Å². The Kier molecular flexibility index (Phi) is 3.80. The van der Waals surface area contributed by atoms with E-state index >= 15 is 0 Å². The molecule has 0 aromatic heterocycles. The van der Waals surface area contributed by atoms with E-state index in [1.807, 2.05) is 0 Å². The van der Waals surface area contributed by atoms with Crippen LogP contribution in [0.2, 0.25) is 0 Å². The largest absolute Gasteiger partial charge is 0.493 e. The van der Waals surface area contributed by atoms with Gasteiger partial charge in [0.25, 0.3) is 0 Å². The van der Waals surface area contributed by atoms with Gasteiger partial charge in [0, 0.05) is 12.5 Å². The minimum absolute atomic E-state index is 0.269. The van der Waals surface area contributed by atoms with Crippen LogP contribution in [0.15, 0.2) is 18.2 Å². The first-order valence-electron chi connectivity index (χ1n) is 6.07. The zero-order valence-corrected chi connectivity index (χ0v) is 9.83. The van der Waals surface area contributed by atoms with Crippen molar-refractivity contribution >= 4 is 0 Å². The van der Waals surface area contributed by atoms with E-state index in [9.17, 15) is 0 Å². The first-order valence-corrected chi connectivity index (χ1v) is 6.07. The molecule has 0 saturated heterocycles. The standard InChI is InChI=1S/C13H20N2O/c1-2-3-4-12(15-14)10-5-6-13-11(9-10)7-8-16-13/h5-6,9,12,15H,2-4,7-8,14H2,1H3. The molecular weight excluding hydrogens is 200 g/mol. The predicted octanol–water partition coefficient (Wildman–Crippen LogP) is 2.32. The molecule has 0 bridgehead atoms. The van der Waals surface area contributed by atoms with E-state index in [0.29, 0.717) is 0 Å². The summed E-state index contributed by atoms with van der Waals surface area (Å²) in [6.45, 7) is 3.01. The summed E-state index contributed by atoms with van der Waals surface area (Å²) in [6.07, 6.45) is 4.51. The van der Waals surface area contributed by atoms with E-state index in [4.69, 9.17) is 10.6 Å². The van der Waals surface area contributed by atoms with E-state index in [-0.39, 0.29) is 6.04 Å². The molecule has 2 rings (SSSR count). The fourth-order valence-corrected chi connectivity index (χ4v) is 2.18. The molecule has 1 aliphatic heterocycles. The average molecular weight is 220 g/mol. The van der Waals surface area contributed by atoms with Gasteiger partial charge in [-0.2, -0.15) is 0 Å². The number of nitrogens with one attached hydrogen (secondary N) is 1. The van der Waals surface area contributed by atoms with Crippen LogP contribution >= 0.6 is 0 Å². The van der Waals surface area contributed by atoms with Crippen molar-refractivity contribution in [2.75, 3.05) is 6.61 Å². The maximum Gasteiger partial charge on any atom is 0.122 e. The summed E-state index contributed by atoms with van der Waals surface area (Å²) in [5.74, 6) is 6.65. The van der Waals surface area contributed by atoms with Crippen molar-refractivity contribution < 1.29 is 4.74 Å². The lowest BCUT2D eigenvalue weighted by Gasteiger charge is -2.16. The molecule has 1 aromatic rings. The average Bonchev–Trinajstić information content (AvgIpc) is 2.77. The third-order valence-electron chi connectivity index (χ3n) is 3.16. The van der Waals surface area contributed by atoms with Crippen molar-refractivity contribution in [1.29, 1.82) is 0 Å². The summed E-state index contributed by atoms with van der Waals surface area (Å²) in [6, 6.07) is 6.67. The number of fused-ring (bicyclic) bond motifs is 1. The molecule has 1 heterocycles. The molecule has 88 valence electrons. The number of benzene rings is 1. The molecule has 1 atom stereocenters. The number of hydrogen-bond acceptors (Lipinski definition) is 3. The first kappa shape index (κ1) is 11.4. The second-order valence-corrected chi connectivity index (χ2v) is 4.33. The number of ether oxygens (including phenoxy) is 1. The number of hydrogen-bond donors (Lipinski definition) is 2. The monoisotopic (exact) mass is 220 g/mol. The van der Waals surface area contributed by atoms with Crippen LogP contribution < -0.4 is 16.0 Å². The molecule has 0 aliphatic carbocycles.